The third kappa shape index (κ3) is 4.27. The smallest absolute Gasteiger partial charge is 0.127 e. The molecular formula is C11H16FNO2. The van der Waals surface area contributed by atoms with E-state index in [1.54, 1.807) is 19.9 Å². The molecular weight excluding hydrogens is 197 g/mol. The predicted octanol–water partition coefficient (Wildman–Crippen LogP) is 1.43. The number of benzene rings is 1. The highest BCUT2D eigenvalue weighted by Gasteiger charge is 2.13. The average Bonchev–Trinajstić information content (AvgIpc) is 2.13. The van der Waals surface area contributed by atoms with Gasteiger partial charge in [-0.15, -0.1) is 0 Å². The van der Waals surface area contributed by atoms with Gasteiger partial charge in [0.15, 0.2) is 0 Å². The Hall–Kier alpha value is -1.13. The first-order valence-corrected chi connectivity index (χ1v) is 4.75. The van der Waals surface area contributed by atoms with Crippen molar-refractivity contribution in [2.24, 2.45) is 5.73 Å². The van der Waals surface area contributed by atoms with E-state index in [0.717, 1.165) is 0 Å². The number of rotatable bonds is 4. The summed E-state index contributed by atoms with van der Waals surface area (Å²) in [5.74, 6) is 0.00118. The number of ether oxygens (including phenoxy) is 1. The van der Waals surface area contributed by atoms with Crippen LogP contribution in [0.5, 0.6) is 5.75 Å². The maximum absolute atomic E-state index is 13.0. The molecule has 0 fully saturated rings. The van der Waals surface area contributed by atoms with Gasteiger partial charge in [0.1, 0.15) is 18.2 Å². The quantitative estimate of drug-likeness (QED) is 0.795. The lowest BCUT2D eigenvalue weighted by Crippen LogP contribution is -2.27. The fourth-order valence-electron chi connectivity index (χ4n) is 1.08. The molecule has 0 aromatic heterocycles. The fourth-order valence-corrected chi connectivity index (χ4v) is 1.08. The van der Waals surface area contributed by atoms with Crippen LogP contribution >= 0.6 is 0 Å². The number of hydrogen-bond donors (Lipinski definition) is 2. The highest BCUT2D eigenvalue weighted by Crippen LogP contribution is 2.17. The lowest BCUT2D eigenvalue weighted by Gasteiger charge is -2.18. The van der Waals surface area contributed by atoms with Crippen LogP contribution in [0.1, 0.15) is 19.4 Å². The molecule has 0 bridgehead atoms. The summed E-state index contributed by atoms with van der Waals surface area (Å²) in [4.78, 5) is 0. The fraction of sp³-hybridized carbons (Fsp3) is 0.455. The third-order valence-electron chi connectivity index (χ3n) is 1.76. The molecule has 0 radical (unpaired) electrons. The summed E-state index contributed by atoms with van der Waals surface area (Å²) in [6.45, 7) is 3.61. The van der Waals surface area contributed by atoms with Crippen LogP contribution in [0.25, 0.3) is 0 Å². The molecule has 0 atom stereocenters. The SMILES string of the molecule is CC(C)(O)COc1cc(F)cc(CN)c1. The minimum Gasteiger partial charge on any atom is -0.491 e. The zero-order valence-corrected chi connectivity index (χ0v) is 8.96. The van der Waals surface area contributed by atoms with Gasteiger partial charge in [0.2, 0.25) is 0 Å². The van der Waals surface area contributed by atoms with Crippen molar-refractivity contribution in [3.05, 3.63) is 29.6 Å². The van der Waals surface area contributed by atoms with Gasteiger partial charge in [-0.1, -0.05) is 0 Å². The van der Waals surface area contributed by atoms with Crippen LogP contribution in [0.3, 0.4) is 0 Å². The van der Waals surface area contributed by atoms with Gasteiger partial charge in [-0.2, -0.15) is 0 Å². The molecule has 3 N–H and O–H groups in total. The third-order valence-corrected chi connectivity index (χ3v) is 1.76. The lowest BCUT2D eigenvalue weighted by atomic mass is 10.1. The Morgan fingerprint density at radius 1 is 1.40 bits per heavy atom. The Morgan fingerprint density at radius 2 is 2.07 bits per heavy atom. The van der Waals surface area contributed by atoms with E-state index in [1.165, 1.54) is 12.1 Å². The first kappa shape index (κ1) is 11.9. The molecule has 0 aliphatic carbocycles. The van der Waals surface area contributed by atoms with Gasteiger partial charge in [0.05, 0.1) is 5.60 Å². The summed E-state index contributed by atoms with van der Waals surface area (Å²) in [5, 5.41) is 9.43. The van der Waals surface area contributed by atoms with Crippen molar-refractivity contribution in [1.82, 2.24) is 0 Å². The highest BCUT2D eigenvalue weighted by molar-refractivity contribution is 5.29. The zero-order valence-electron chi connectivity index (χ0n) is 8.96. The van der Waals surface area contributed by atoms with Crippen molar-refractivity contribution >= 4 is 0 Å². The molecule has 84 valence electrons. The van der Waals surface area contributed by atoms with Crippen LogP contribution in [-0.2, 0) is 6.54 Å². The Kier molecular flexibility index (Phi) is 3.66. The number of halogens is 1. The number of aliphatic hydroxyl groups is 1. The molecule has 1 rings (SSSR count). The number of nitrogens with two attached hydrogens (primary N) is 1. The Morgan fingerprint density at radius 3 is 2.60 bits per heavy atom. The maximum Gasteiger partial charge on any atom is 0.127 e. The molecule has 0 aliphatic rings. The van der Waals surface area contributed by atoms with Crippen molar-refractivity contribution in [1.29, 1.82) is 0 Å². The first-order chi connectivity index (χ1) is 6.90. The van der Waals surface area contributed by atoms with Crippen molar-refractivity contribution in [3.8, 4) is 5.75 Å². The lowest BCUT2D eigenvalue weighted by molar-refractivity contribution is 0.0283. The van der Waals surface area contributed by atoms with Gasteiger partial charge >= 0.3 is 0 Å². The second kappa shape index (κ2) is 4.59. The molecule has 3 nitrogen and oxygen atoms in total. The van der Waals surface area contributed by atoms with Crippen LogP contribution in [0.2, 0.25) is 0 Å². The van der Waals surface area contributed by atoms with Gasteiger partial charge < -0.3 is 15.6 Å². The van der Waals surface area contributed by atoms with E-state index in [-0.39, 0.29) is 19.0 Å². The van der Waals surface area contributed by atoms with E-state index in [4.69, 9.17) is 10.5 Å². The topological polar surface area (TPSA) is 55.5 Å². The minimum absolute atomic E-state index is 0.112. The van der Waals surface area contributed by atoms with E-state index in [9.17, 15) is 9.50 Å². The van der Waals surface area contributed by atoms with Crippen molar-refractivity contribution in [2.45, 2.75) is 26.0 Å². The standard InChI is InChI=1S/C11H16FNO2/c1-11(2,14)7-15-10-4-8(6-13)3-9(12)5-10/h3-5,14H,6-7,13H2,1-2H3. The molecule has 0 saturated heterocycles. The molecule has 1 aromatic carbocycles. The highest BCUT2D eigenvalue weighted by atomic mass is 19.1. The summed E-state index contributed by atoms with van der Waals surface area (Å²) >= 11 is 0. The first-order valence-electron chi connectivity index (χ1n) is 4.75. The van der Waals surface area contributed by atoms with Crippen LogP contribution in [-0.4, -0.2) is 17.3 Å². The van der Waals surface area contributed by atoms with Crippen LogP contribution < -0.4 is 10.5 Å². The normalized spacial score (nSPS) is 11.5. The second-order valence-corrected chi connectivity index (χ2v) is 4.10. The van der Waals surface area contributed by atoms with Crippen molar-refractivity contribution in [2.75, 3.05) is 6.61 Å². The maximum atomic E-state index is 13.0. The summed E-state index contributed by atoms with van der Waals surface area (Å²) in [6, 6.07) is 4.29. The van der Waals surface area contributed by atoms with Crippen molar-refractivity contribution in [3.63, 3.8) is 0 Å². The molecule has 15 heavy (non-hydrogen) atoms. The number of hydrogen-bond acceptors (Lipinski definition) is 3. The molecule has 0 spiro atoms. The summed E-state index contributed by atoms with van der Waals surface area (Å²) in [7, 11) is 0. The van der Waals surface area contributed by atoms with Crippen molar-refractivity contribution < 1.29 is 14.2 Å². The zero-order chi connectivity index (χ0) is 11.5. The molecule has 0 unspecified atom stereocenters. The second-order valence-electron chi connectivity index (χ2n) is 4.10. The largest absolute Gasteiger partial charge is 0.491 e. The molecule has 0 amide bonds. The van der Waals surface area contributed by atoms with Crippen LogP contribution in [0.15, 0.2) is 18.2 Å². The molecule has 0 saturated carbocycles. The Balaban J connectivity index is 2.73. The Bertz CT molecular complexity index is 334. The molecule has 0 heterocycles. The van der Waals surface area contributed by atoms with Crippen LogP contribution in [0.4, 0.5) is 4.39 Å². The average molecular weight is 213 g/mol. The van der Waals surface area contributed by atoms with E-state index in [0.29, 0.717) is 11.3 Å². The van der Waals surface area contributed by atoms with Gasteiger partial charge in [-0.25, -0.2) is 4.39 Å². The monoisotopic (exact) mass is 213 g/mol. The van der Waals surface area contributed by atoms with Crippen LogP contribution in [0, 0.1) is 5.82 Å². The predicted molar refractivity (Wildman–Crippen MR) is 56.1 cm³/mol. The molecule has 1 aromatic rings. The molecule has 0 aliphatic heterocycles. The summed E-state index contributed by atoms with van der Waals surface area (Å²) in [5.41, 5.74) is 5.13. The van der Waals surface area contributed by atoms with E-state index in [2.05, 4.69) is 0 Å². The van der Waals surface area contributed by atoms with E-state index < -0.39 is 5.60 Å². The van der Waals surface area contributed by atoms with E-state index >= 15 is 0 Å². The Labute approximate surface area is 88.7 Å². The minimum atomic E-state index is -0.935. The van der Waals surface area contributed by atoms with E-state index in [1.807, 2.05) is 0 Å². The molecule has 4 heteroatoms. The van der Waals surface area contributed by atoms with Gasteiger partial charge in [-0.3, -0.25) is 0 Å². The van der Waals surface area contributed by atoms with Gasteiger partial charge in [-0.05, 0) is 31.5 Å². The summed E-state index contributed by atoms with van der Waals surface area (Å²) < 4.78 is 18.3. The van der Waals surface area contributed by atoms with Gasteiger partial charge in [0, 0.05) is 12.6 Å². The summed E-state index contributed by atoms with van der Waals surface area (Å²) in [6.07, 6.45) is 0. The van der Waals surface area contributed by atoms with Gasteiger partial charge in [0.25, 0.3) is 0 Å².